The Bertz CT molecular complexity index is 556. The maximum Gasteiger partial charge on any atom is 0.150 e. The van der Waals surface area contributed by atoms with Crippen LogP contribution < -0.4 is 0 Å². The average Bonchev–Trinajstić information content (AvgIpc) is 2.73. The van der Waals surface area contributed by atoms with Gasteiger partial charge in [0.05, 0.1) is 12.2 Å². The molecule has 0 amide bonds. The van der Waals surface area contributed by atoms with Crippen molar-refractivity contribution in [2.75, 3.05) is 5.75 Å². The second-order valence-corrected chi connectivity index (χ2v) is 4.81. The van der Waals surface area contributed by atoms with E-state index in [0.717, 1.165) is 4.90 Å². The number of thioether (sulfide) groups is 1. The van der Waals surface area contributed by atoms with Crippen molar-refractivity contribution in [2.24, 2.45) is 7.05 Å². The number of carbonyl (C=O) groups excluding carboxylic acids is 1. The van der Waals surface area contributed by atoms with Crippen LogP contribution in [0.4, 0.5) is 4.39 Å². The Labute approximate surface area is 108 Å². The summed E-state index contributed by atoms with van der Waals surface area (Å²) in [6.45, 7) is 0. The van der Waals surface area contributed by atoms with E-state index in [4.69, 9.17) is 0 Å². The molecule has 1 aromatic heterocycles. The van der Waals surface area contributed by atoms with Gasteiger partial charge >= 0.3 is 0 Å². The number of halogens is 1. The van der Waals surface area contributed by atoms with Gasteiger partial charge in [0.15, 0.2) is 5.78 Å². The first-order valence-electron chi connectivity index (χ1n) is 5.38. The molecule has 0 unspecified atom stereocenters. The van der Waals surface area contributed by atoms with Crippen LogP contribution in [0.5, 0.6) is 0 Å². The quantitative estimate of drug-likeness (QED) is 0.774. The van der Waals surface area contributed by atoms with E-state index < -0.39 is 0 Å². The minimum atomic E-state index is -0.291. The molecule has 0 aliphatic rings. The van der Waals surface area contributed by atoms with Crippen molar-refractivity contribution in [1.29, 1.82) is 0 Å². The molecule has 0 saturated carbocycles. The molecular formula is C12H12FN3OS. The van der Waals surface area contributed by atoms with Gasteiger partial charge in [-0.2, -0.15) is 5.10 Å². The summed E-state index contributed by atoms with van der Waals surface area (Å²) in [5.41, 5.74) is 0. The van der Waals surface area contributed by atoms with E-state index in [1.54, 1.807) is 23.9 Å². The van der Waals surface area contributed by atoms with Crippen LogP contribution in [0.15, 0.2) is 35.5 Å². The Morgan fingerprint density at radius 3 is 3.00 bits per heavy atom. The van der Waals surface area contributed by atoms with Crippen molar-refractivity contribution >= 4 is 17.5 Å². The molecule has 2 aromatic rings. The fraction of sp³-hybridized carbons (Fsp3) is 0.250. The van der Waals surface area contributed by atoms with E-state index in [1.807, 2.05) is 0 Å². The maximum absolute atomic E-state index is 12.9. The Hall–Kier alpha value is -1.69. The number of hydrogen-bond acceptors (Lipinski definition) is 4. The molecule has 4 nitrogen and oxygen atoms in total. The summed E-state index contributed by atoms with van der Waals surface area (Å²) < 4.78 is 14.5. The lowest BCUT2D eigenvalue weighted by atomic mass is 10.3. The smallest absolute Gasteiger partial charge is 0.150 e. The number of benzene rings is 1. The summed E-state index contributed by atoms with van der Waals surface area (Å²) in [5.74, 6) is 0.692. The Morgan fingerprint density at radius 2 is 2.33 bits per heavy atom. The highest BCUT2D eigenvalue weighted by Gasteiger charge is 2.09. The molecule has 94 valence electrons. The summed E-state index contributed by atoms with van der Waals surface area (Å²) in [7, 11) is 1.75. The van der Waals surface area contributed by atoms with Gasteiger partial charge in [0.25, 0.3) is 0 Å². The van der Waals surface area contributed by atoms with Crippen molar-refractivity contribution in [3.8, 4) is 0 Å². The molecule has 0 saturated heterocycles. The third kappa shape index (κ3) is 3.40. The van der Waals surface area contributed by atoms with Gasteiger partial charge < -0.3 is 0 Å². The first-order chi connectivity index (χ1) is 8.65. The van der Waals surface area contributed by atoms with E-state index in [0.29, 0.717) is 11.6 Å². The second kappa shape index (κ2) is 5.77. The molecule has 18 heavy (non-hydrogen) atoms. The van der Waals surface area contributed by atoms with Gasteiger partial charge in [-0.05, 0) is 18.2 Å². The molecule has 0 spiro atoms. The summed E-state index contributed by atoms with van der Waals surface area (Å²) in [4.78, 5) is 16.5. The fourth-order valence-corrected chi connectivity index (χ4v) is 2.23. The van der Waals surface area contributed by atoms with Gasteiger partial charge in [0, 0.05) is 11.9 Å². The van der Waals surface area contributed by atoms with Crippen molar-refractivity contribution in [3.05, 3.63) is 42.2 Å². The molecule has 6 heteroatoms. The van der Waals surface area contributed by atoms with Crippen LogP contribution in [-0.4, -0.2) is 26.3 Å². The number of aryl methyl sites for hydroxylation is 1. The van der Waals surface area contributed by atoms with E-state index >= 15 is 0 Å². The normalized spacial score (nSPS) is 10.6. The number of aromatic nitrogens is 3. The fourth-order valence-electron chi connectivity index (χ4n) is 1.43. The predicted molar refractivity (Wildman–Crippen MR) is 66.8 cm³/mol. The van der Waals surface area contributed by atoms with Crippen molar-refractivity contribution < 1.29 is 9.18 Å². The zero-order chi connectivity index (χ0) is 13.0. The molecule has 0 aliphatic heterocycles. The number of ketones is 1. The van der Waals surface area contributed by atoms with Gasteiger partial charge in [-0.3, -0.25) is 9.48 Å². The predicted octanol–water partition coefficient (Wildman–Crippen LogP) is 1.86. The maximum atomic E-state index is 12.9. The van der Waals surface area contributed by atoms with Crippen LogP contribution in [-0.2, 0) is 18.3 Å². The molecule has 0 fully saturated rings. The standard InChI is InChI=1S/C12H12FN3OS/c1-16-12(14-8-15-16)6-10(17)7-18-11-4-2-3-9(13)5-11/h2-5,8H,6-7H2,1H3. The van der Waals surface area contributed by atoms with Crippen LogP contribution in [0.25, 0.3) is 0 Å². The lowest BCUT2D eigenvalue weighted by molar-refractivity contribution is -0.116. The number of Topliss-reactive ketones (excluding diaryl/α,β-unsaturated/α-hetero) is 1. The summed E-state index contributed by atoms with van der Waals surface area (Å²) in [6.07, 6.45) is 1.67. The SMILES string of the molecule is Cn1ncnc1CC(=O)CSc1cccc(F)c1. The highest BCUT2D eigenvalue weighted by atomic mass is 32.2. The third-order valence-electron chi connectivity index (χ3n) is 2.36. The third-order valence-corrected chi connectivity index (χ3v) is 3.41. The zero-order valence-corrected chi connectivity index (χ0v) is 10.7. The van der Waals surface area contributed by atoms with Crippen molar-refractivity contribution in [2.45, 2.75) is 11.3 Å². The lowest BCUT2D eigenvalue weighted by Crippen LogP contribution is -2.10. The van der Waals surface area contributed by atoms with Gasteiger partial charge in [-0.15, -0.1) is 11.8 Å². The summed E-state index contributed by atoms with van der Waals surface area (Å²) >= 11 is 1.32. The van der Waals surface area contributed by atoms with Gasteiger partial charge in [-0.1, -0.05) is 6.07 Å². The molecular weight excluding hydrogens is 253 g/mol. The molecule has 0 radical (unpaired) electrons. The van der Waals surface area contributed by atoms with E-state index in [-0.39, 0.29) is 18.0 Å². The molecule has 0 N–H and O–H groups in total. The minimum absolute atomic E-state index is 0.0420. The number of nitrogens with zero attached hydrogens (tertiary/aromatic N) is 3. The van der Waals surface area contributed by atoms with Gasteiger partial charge in [-0.25, -0.2) is 9.37 Å². The molecule has 0 bridgehead atoms. The number of hydrogen-bond donors (Lipinski definition) is 0. The van der Waals surface area contributed by atoms with Crippen molar-refractivity contribution in [1.82, 2.24) is 14.8 Å². The molecule has 1 aromatic carbocycles. The summed E-state index contributed by atoms with van der Waals surface area (Å²) in [6, 6.07) is 6.21. The Balaban J connectivity index is 1.87. The highest BCUT2D eigenvalue weighted by Crippen LogP contribution is 2.18. The van der Waals surface area contributed by atoms with Crippen molar-refractivity contribution in [3.63, 3.8) is 0 Å². The first-order valence-corrected chi connectivity index (χ1v) is 6.36. The molecule has 1 heterocycles. The largest absolute Gasteiger partial charge is 0.298 e. The second-order valence-electron chi connectivity index (χ2n) is 3.76. The molecule has 0 aliphatic carbocycles. The molecule has 2 rings (SSSR count). The first kappa shape index (κ1) is 12.8. The van der Waals surface area contributed by atoms with E-state index in [9.17, 15) is 9.18 Å². The van der Waals surface area contributed by atoms with Crippen LogP contribution >= 0.6 is 11.8 Å². The van der Waals surface area contributed by atoms with E-state index in [1.165, 1.54) is 30.2 Å². The zero-order valence-electron chi connectivity index (χ0n) is 9.84. The lowest BCUT2D eigenvalue weighted by Gasteiger charge is -2.01. The monoisotopic (exact) mass is 265 g/mol. The topological polar surface area (TPSA) is 47.8 Å². The van der Waals surface area contributed by atoms with Crippen LogP contribution in [0, 0.1) is 5.82 Å². The van der Waals surface area contributed by atoms with Gasteiger partial charge in [0.2, 0.25) is 0 Å². The number of carbonyl (C=O) groups is 1. The number of rotatable bonds is 5. The van der Waals surface area contributed by atoms with Gasteiger partial charge in [0.1, 0.15) is 18.0 Å². The summed E-state index contributed by atoms with van der Waals surface area (Å²) in [5, 5.41) is 3.90. The Kier molecular flexibility index (Phi) is 4.09. The Morgan fingerprint density at radius 1 is 1.50 bits per heavy atom. The van der Waals surface area contributed by atoms with Crippen LogP contribution in [0.2, 0.25) is 0 Å². The van der Waals surface area contributed by atoms with Crippen LogP contribution in [0.3, 0.4) is 0 Å². The average molecular weight is 265 g/mol. The van der Waals surface area contributed by atoms with Crippen LogP contribution in [0.1, 0.15) is 5.82 Å². The highest BCUT2D eigenvalue weighted by molar-refractivity contribution is 8.00. The molecule has 0 atom stereocenters. The minimum Gasteiger partial charge on any atom is -0.298 e. The van der Waals surface area contributed by atoms with E-state index in [2.05, 4.69) is 10.1 Å².